The van der Waals surface area contributed by atoms with Gasteiger partial charge in [0.15, 0.2) is 0 Å². The molecule has 2 nitrogen and oxygen atoms in total. The Kier molecular flexibility index (Phi) is 4.48. The van der Waals surface area contributed by atoms with Crippen molar-refractivity contribution in [2.24, 2.45) is 0 Å². The molecule has 0 radical (unpaired) electrons. The second kappa shape index (κ2) is 6.10. The minimum Gasteiger partial charge on any atom is -0.457 e. The van der Waals surface area contributed by atoms with Crippen LogP contribution in [-0.4, -0.2) is 7.05 Å². The number of rotatable bonds is 4. The lowest BCUT2D eigenvalue weighted by Gasteiger charge is -2.12. The van der Waals surface area contributed by atoms with Gasteiger partial charge in [0, 0.05) is 22.2 Å². The molecule has 0 atom stereocenters. The van der Waals surface area contributed by atoms with Gasteiger partial charge in [0.1, 0.15) is 11.5 Å². The Labute approximate surface area is 116 Å². The molecule has 0 spiro atoms. The van der Waals surface area contributed by atoms with Gasteiger partial charge >= 0.3 is 0 Å². The van der Waals surface area contributed by atoms with Crippen LogP contribution in [0.3, 0.4) is 0 Å². The average Bonchev–Trinajstić information content (AvgIpc) is 2.34. The van der Waals surface area contributed by atoms with E-state index in [0.29, 0.717) is 22.3 Å². The summed E-state index contributed by atoms with van der Waals surface area (Å²) < 4.78 is 5.81. The van der Waals surface area contributed by atoms with Crippen molar-refractivity contribution in [2.45, 2.75) is 6.54 Å². The first kappa shape index (κ1) is 13.2. The lowest BCUT2D eigenvalue weighted by atomic mass is 10.2. The predicted octanol–water partition coefficient (Wildman–Crippen LogP) is 4.51. The Hall–Kier alpha value is -1.22. The molecule has 2 rings (SSSR count). The number of halogens is 2. The van der Waals surface area contributed by atoms with Crippen LogP contribution < -0.4 is 10.1 Å². The fourth-order valence-corrected chi connectivity index (χ4v) is 2.05. The molecule has 18 heavy (non-hydrogen) atoms. The van der Waals surface area contributed by atoms with Crippen LogP contribution >= 0.6 is 23.2 Å². The van der Waals surface area contributed by atoms with Crippen LogP contribution in [0.25, 0.3) is 0 Å². The number of nitrogens with one attached hydrogen (secondary N) is 1. The van der Waals surface area contributed by atoms with E-state index in [9.17, 15) is 0 Å². The Morgan fingerprint density at radius 2 is 1.89 bits per heavy atom. The molecule has 2 aromatic carbocycles. The van der Waals surface area contributed by atoms with Crippen LogP contribution in [0, 0.1) is 0 Å². The highest BCUT2D eigenvalue weighted by Crippen LogP contribution is 2.31. The molecule has 0 saturated heterocycles. The van der Waals surface area contributed by atoms with Gasteiger partial charge in [-0.3, -0.25) is 0 Å². The van der Waals surface area contributed by atoms with Gasteiger partial charge in [-0.05, 0) is 37.4 Å². The SMILES string of the molecule is CNCc1c(Cl)cccc1Oc1cccc(Cl)c1. The zero-order chi connectivity index (χ0) is 13.0. The summed E-state index contributed by atoms with van der Waals surface area (Å²) in [6.07, 6.45) is 0. The maximum atomic E-state index is 6.16. The third kappa shape index (κ3) is 3.16. The first-order chi connectivity index (χ1) is 8.70. The summed E-state index contributed by atoms with van der Waals surface area (Å²) in [4.78, 5) is 0. The first-order valence-corrected chi connectivity index (χ1v) is 6.31. The predicted molar refractivity (Wildman–Crippen MR) is 75.7 cm³/mol. The Morgan fingerprint density at radius 3 is 2.61 bits per heavy atom. The zero-order valence-electron chi connectivity index (χ0n) is 9.91. The van der Waals surface area contributed by atoms with Crippen LogP contribution in [0.2, 0.25) is 10.0 Å². The van der Waals surface area contributed by atoms with Gasteiger partial charge in [0.25, 0.3) is 0 Å². The van der Waals surface area contributed by atoms with Crippen molar-refractivity contribution < 1.29 is 4.74 Å². The van der Waals surface area contributed by atoms with E-state index in [1.54, 1.807) is 12.1 Å². The van der Waals surface area contributed by atoms with Gasteiger partial charge in [0.05, 0.1) is 0 Å². The van der Waals surface area contributed by atoms with E-state index in [0.717, 1.165) is 11.3 Å². The number of ether oxygens (including phenoxy) is 1. The van der Waals surface area contributed by atoms with Crippen molar-refractivity contribution in [3.8, 4) is 11.5 Å². The van der Waals surface area contributed by atoms with Crippen molar-refractivity contribution in [1.29, 1.82) is 0 Å². The minimum absolute atomic E-state index is 0.643. The number of benzene rings is 2. The molecule has 0 saturated carbocycles. The third-order valence-corrected chi connectivity index (χ3v) is 3.04. The van der Waals surface area contributed by atoms with E-state index in [1.807, 2.05) is 37.4 Å². The van der Waals surface area contributed by atoms with Gasteiger partial charge in [-0.2, -0.15) is 0 Å². The standard InChI is InChI=1S/C14H13Cl2NO/c1-17-9-12-13(16)6-3-7-14(12)18-11-5-2-4-10(15)8-11/h2-8,17H,9H2,1H3. The van der Waals surface area contributed by atoms with Gasteiger partial charge < -0.3 is 10.1 Å². The van der Waals surface area contributed by atoms with Crippen molar-refractivity contribution in [3.63, 3.8) is 0 Å². The summed E-state index contributed by atoms with van der Waals surface area (Å²) in [5, 5.41) is 4.40. The monoisotopic (exact) mass is 281 g/mol. The molecule has 0 heterocycles. The quantitative estimate of drug-likeness (QED) is 0.891. The molecule has 0 aromatic heterocycles. The van der Waals surface area contributed by atoms with Gasteiger partial charge in [-0.15, -0.1) is 0 Å². The van der Waals surface area contributed by atoms with E-state index in [2.05, 4.69) is 5.32 Å². The van der Waals surface area contributed by atoms with Gasteiger partial charge in [-0.25, -0.2) is 0 Å². The Balaban J connectivity index is 2.31. The molecule has 94 valence electrons. The van der Waals surface area contributed by atoms with Crippen LogP contribution in [0.15, 0.2) is 42.5 Å². The summed E-state index contributed by atoms with van der Waals surface area (Å²) in [6, 6.07) is 12.9. The fraction of sp³-hybridized carbons (Fsp3) is 0.143. The van der Waals surface area contributed by atoms with Crippen LogP contribution in [0.1, 0.15) is 5.56 Å². The molecule has 0 unspecified atom stereocenters. The van der Waals surface area contributed by atoms with E-state index in [-0.39, 0.29) is 0 Å². The van der Waals surface area contributed by atoms with Gasteiger partial charge in [-0.1, -0.05) is 35.3 Å². The average molecular weight is 282 g/mol. The molecular formula is C14H13Cl2NO. The Bertz CT molecular complexity index is 543. The third-order valence-electron chi connectivity index (χ3n) is 2.45. The summed E-state index contributed by atoms with van der Waals surface area (Å²) in [6.45, 7) is 0.648. The smallest absolute Gasteiger partial charge is 0.133 e. The van der Waals surface area contributed by atoms with Crippen molar-refractivity contribution in [3.05, 3.63) is 58.1 Å². The number of hydrogen-bond acceptors (Lipinski definition) is 2. The lowest BCUT2D eigenvalue weighted by Crippen LogP contribution is -2.07. The molecule has 2 aromatic rings. The molecular weight excluding hydrogens is 269 g/mol. The highest BCUT2D eigenvalue weighted by atomic mass is 35.5. The zero-order valence-corrected chi connectivity index (χ0v) is 11.4. The highest BCUT2D eigenvalue weighted by Gasteiger charge is 2.08. The second-order valence-corrected chi connectivity index (χ2v) is 4.65. The topological polar surface area (TPSA) is 21.3 Å². The first-order valence-electron chi connectivity index (χ1n) is 5.56. The summed E-state index contributed by atoms with van der Waals surface area (Å²) >= 11 is 12.1. The van der Waals surface area contributed by atoms with E-state index < -0.39 is 0 Å². The van der Waals surface area contributed by atoms with Crippen LogP contribution in [0.5, 0.6) is 11.5 Å². The maximum Gasteiger partial charge on any atom is 0.133 e. The summed E-state index contributed by atoms with van der Waals surface area (Å²) in [5.74, 6) is 1.43. The Morgan fingerprint density at radius 1 is 1.11 bits per heavy atom. The molecule has 0 bridgehead atoms. The summed E-state index contributed by atoms with van der Waals surface area (Å²) in [7, 11) is 1.87. The highest BCUT2D eigenvalue weighted by molar-refractivity contribution is 6.31. The van der Waals surface area contributed by atoms with Crippen LogP contribution in [0.4, 0.5) is 0 Å². The largest absolute Gasteiger partial charge is 0.457 e. The molecule has 0 aliphatic carbocycles. The molecule has 0 aliphatic heterocycles. The normalized spacial score (nSPS) is 10.4. The number of hydrogen-bond donors (Lipinski definition) is 1. The molecule has 0 amide bonds. The molecule has 0 aliphatic rings. The van der Waals surface area contributed by atoms with Gasteiger partial charge in [0.2, 0.25) is 0 Å². The molecule has 4 heteroatoms. The molecule has 0 fully saturated rings. The van der Waals surface area contributed by atoms with E-state index in [1.165, 1.54) is 0 Å². The second-order valence-electron chi connectivity index (χ2n) is 3.81. The lowest BCUT2D eigenvalue weighted by molar-refractivity contribution is 0.474. The molecule has 1 N–H and O–H groups in total. The van der Waals surface area contributed by atoms with Crippen molar-refractivity contribution in [2.75, 3.05) is 7.05 Å². The van der Waals surface area contributed by atoms with Crippen molar-refractivity contribution >= 4 is 23.2 Å². The van der Waals surface area contributed by atoms with Crippen LogP contribution in [-0.2, 0) is 6.54 Å². The minimum atomic E-state index is 0.643. The van der Waals surface area contributed by atoms with Crippen molar-refractivity contribution in [1.82, 2.24) is 5.32 Å². The fourth-order valence-electron chi connectivity index (χ4n) is 1.64. The van der Waals surface area contributed by atoms with E-state index >= 15 is 0 Å². The summed E-state index contributed by atoms with van der Waals surface area (Å²) in [5.41, 5.74) is 0.932. The van der Waals surface area contributed by atoms with E-state index in [4.69, 9.17) is 27.9 Å². The maximum absolute atomic E-state index is 6.16.